The molecular formula is C21H32N8O6. The standard InChI is InChI=1S/C21H32N8O6/c1-27(11-5-3-2-4-6-11)19(32)35-13-10-29-18(23)24-12(9-28-14(30)7-8-15(28)31)16-20(29,21(13,33)34)26-17(22)25-16/h11-13,16,33-34H,2-10H2,1H3,(H2,23,24)(H3,22,25,26)/t12?,13-,16?,20?/m0/s1. The lowest BCUT2D eigenvalue weighted by molar-refractivity contribution is -0.257. The fraction of sp³-hybridized carbons (Fsp3) is 0.762. The summed E-state index contributed by atoms with van der Waals surface area (Å²) in [7, 11) is 1.64. The van der Waals surface area contributed by atoms with Crippen molar-refractivity contribution >= 4 is 29.8 Å². The van der Waals surface area contributed by atoms with Gasteiger partial charge >= 0.3 is 6.09 Å². The van der Waals surface area contributed by atoms with E-state index in [-0.39, 0.29) is 55.7 Å². The molecule has 4 atom stereocenters. The van der Waals surface area contributed by atoms with Crippen molar-refractivity contribution in [1.82, 2.24) is 20.0 Å². The Balaban J connectivity index is 1.41. The predicted octanol–water partition coefficient (Wildman–Crippen LogP) is -2.42. The molecule has 5 rings (SSSR count). The van der Waals surface area contributed by atoms with E-state index in [4.69, 9.17) is 16.2 Å². The first-order valence-corrected chi connectivity index (χ1v) is 12.0. The van der Waals surface area contributed by atoms with Crippen LogP contribution < -0.4 is 16.8 Å². The number of ether oxygens (including phenoxy) is 1. The second-order valence-corrected chi connectivity index (χ2v) is 9.92. The SMILES string of the molecule is CN(C(=O)O[C@H]1CN2C(N)=NC(CN3C(=O)CCC3=O)C3N=C(N)NC32C1(O)O)C1CCCCC1. The number of guanidine groups is 2. The summed E-state index contributed by atoms with van der Waals surface area (Å²) in [5.41, 5.74) is 10.4. The molecule has 5 aliphatic rings. The monoisotopic (exact) mass is 492 g/mol. The van der Waals surface area contributed by atoms with Gasteiger partial charge in [0.2, 0.25) is 17.6 Å². The smallest absolute Gasteiger partial charge is 0.410 e. The van der Waals surface area contributed by atoms with Crippen LogP contribution in [-0.2, 0) is 14.3 Å². The topological polar surface area (TPSA) is 199 Å². The van der Waals surface area contributed by atoms with Crippen LogP contribution in [0, 0.1) is 0 Å². The minimum Gasteiger partial charge on any atom is -0.438 e. The Kier molecular flexibility index (Phi) is 5.55. The first kappa shape index (κ1) is 23.6. The zero-order valence-corrected chi connectivity index (χ0v) is 19.6. The van der Waals surface area contributed by atoms with Gasteiger partial charge in [-0.2, -0.15) is 0 Å². The van der Waals surface area contributed by atoms with Crippen LogP contribution in [0.25, 0.3) is 0 Å². The Morgan fingerprint density at radius 1 is 1.17 bits per heavy atom. The van der Waals surface area contributed by atoms with E-state index in [9.17, 15) is 24.6 Å². The summed E-state index contributed by atoms with van der Waals surface area (Å²) in [6.07, 6.45) is 3.01. The molecule has 0 aromatic heterocycles. The minimum atomic E-state index is -2.68. The maximum Gasteiger partial charge on any atom is 0.410 e. The van der Waals surface area contributed by atoms with Crippen molar-refractivity contribution in [1.29, 1.82) is 0 Å². The number of aliphatic imine (C=N–C) groups is 2. The summed E-state index contributed by atoms with van der Waals surface area (Å²) >= 11 is 0. The van der Waals surface area contributed by atoms with Crippen LogP contribution in [0.5, 0.6) is 0 Å². The van der Waals surface area contributed by atoms with Gasteiger partial charge in [-0.25, -0.2) is 14.8 Å². The number of amides is 3. The molecule has 3 unspecified atom stereocenters. The highest BCUT2D eigenvalue weighted by molar-refractivity contribution is 6.02. The lowest BCUT2D eigenvalue weighted by Gasteiger charge is -2.48. The van der Waals surface area contributed by atoms with Gasteiger partial charge in [0.05, 0.1) is 19.1 Å². The molecule has 14 heteroatoms. The lowest BCUT2D eigenvalue weighted by atomic mass is 9.85. The highest BCUT2D eigenvalue weighted by Crippen LogP contribution is 2.46. The van der Waals surface area contributed by atoms with Crippen LogP contribution in [0.2, 0.25) is 0 Å². The number of hydrogen-bond acceptors (Lipinski definition) is 12. The van der Waals surface area contributed by atoms with Crippen LogP contribution in [0.1, 0.15) is 44.9 Å². The molecule has 3 fully saturated rings. The Bertz CT molecular complexity index is 978. The Labute approximate surface area is 201 Å². The number of nitrogens with zero attached hydrogens (tertiary/aromatic N) is 5. The lowest BCUT2D eigenvalue weighted by Crippen LogP contribution is -2.77. The van der Waals surface area contributed by atoms with E-state index < -0.39 is 35.7 Å². The molecule has 3 amide bonds. The van der Waals surface area contributed by atoms with Gasteiger partial charge in [0.1, 0.15) is 6.04 Å². The minimum absolute atomic E-state index is 0.0214. The zero-order chi connectivity index (χ0) is 25.1. The molecule has 1 saturated carbocycles. The van der Waals surface area contributed by atoms with Gasteiger partial charge in [-0.15, -0.1) is 0 Å². The fourth-order valence-corrected chi connectivity index (χ4v) is 6.01. The van der Waals surface area contributed by atoms with Gasteiger partial charge in [0.15, 0.2) is 23.7 Å². The Morgan fingerprint density at radius 2 is 1.83 bits per heavy atom. The van der Waals surface area contributed by atoms with Crippen molar-refractivity contribution in [3.63, 3.8) is 0 Å². The van der Waals surface area contributed by atoms with E-state index in [0.717, 1.165) is 37.0 Å². The van der Waals surface area contributed by atoms with E-state index in [1.807, 2.05) is 0 Å². The summed E-state index contributed by atoms with van der Waals surface area (Å²) < 4.78 is 5.61. The number of carbonyl (C=O) groups excluding carboxylic acids is 3. The molecule has 0 aromatic carbocycles. The van der Waals surface area contributed by atoms with Crippen LogP contribution in [0.4, 0.5) is 4.79 Å². The van der Waals surface area contributed by atoms with Gasteiger partial charge in [0, 0.05) is 25.9 Å². The van der Waals surface area contributed by atoms with E-state index in [1.165, 1.54) is 9.80 Å². The number of likely N-dealkylation sites (tertiary alicyclic amines) is 1. The van der Waals surface area contributed by atoms with Crippen molar-refractivity contribution < 1.29 is 29.3 Å². The van der Waals surface area contributed by atoms with Crippen LogP contribution in [0.15, 0.2) is 9.98 Å². The molecule has 192 valence electrons. The van der Waals surface area contributed by atoms with Crippen molar-refractivity contribution in [3.05, 3.63) is 0 Å². The summed E-state index contributed by atoms with van der Waals surface area (Å²) in [5.74, 6) is -3.52. The number of hydrogen-bond donors (Lipinski definition) is 5. The quantitative estimate of drug-likeness (QED) is 0.208. The van der Waals surface area contributed by atoms with E-state index in [2.05, 4.69) is 15.3 Å². The molecule has 1 spiro atoms. The van der Waals surface area contributed by atoms with E-state index in [0.29, 0.717) is 0 Å². The molecule has 0 aromatic rings. The molecule has 1 aliphatic carbocycles. The summed E-state index contributed by atoms with van der Waals surface area (Å²) in [6.45, 7) is -0.310. The molecule has 4 aliphatic heterocycles. The number of imide groups is 1. The van der Waals surface area contributed by atoms with Gasteiger partial charge in [-0.05, 0) is 12.8 Å². The largest absolute Gasteiger partial charge is 0.438 e. The highest BCUT2D eigenvalue weighted by atomic mass is 16.6. The van der Waals surface area contributed by atoms with Gasteiger partial charge in [-0.1, -0.05) is 19.3 Å². The maximum atomic E-state index is 12.9. The van der Waals surface area contributed by atoms with Gasteiger partial charge < -0.3 is 41.5 Å². The normalized spacial score (nSPS) is 34.2. The number of rotatable bonds is 4. The molecule has 2 saturated heterocycles. The average Bonchev–Trinajstić information content (AvgIpc) is 3.42. The van der Waals surface area contributed by atoms with Crippen LogP contribution in [0.3, 0.4) is 0 Å². The maximum absolute atomic E-state index is 12.9. The summed E-state index contributed by atoms with van der Waals surface area (Å²) in [4.78, 5) is 50.0. The van der Waals surface area contributed by atoms with E-state index in [1.54, 1.807) is 7.05 Å². The molecule has 0 bridgehead atoms. The first-order valence-electron chi connectivity index (χ1n) is 12.0. The fourth-order valence-electron chi connectivity index (χ4n) is 6.01. The number of carbonyl (C=O) groups is 3. The van der Waals surface area contributed by atoms with Gasteiger partial charge in [0.25, 0.3) is 0 Å². The van der Waals surface area contributed by atoms with Crippen molar-refractivity contribution in [2.24, 2.45) is 21.5 Å². The third-order valence-corrected chi connectivity index (χ3v) is 7.93. The second-order valence-electron chi connectivity index (χ2n) is 9.92. The Hall–Kier alpha value is -3.13. The van der Waals surface area contributed by atoms with Crippen molar-refractivity contribution in [2.75, 3.05) is 20.1 Å². The molecular weight excluding hydrogens is 460 g/mol. The zero-order valence-electron chi connectivity index (χ0n) is 19.6. The predicted molar refractivity (Wildman–Crippen MR) is 121 cm³/mol. The third-order valence-electron chi connectivity index (χ3n) is 7.93. The van der Waals surface area contributed by atoms with Crippen LogP contribution >= 0.6 is 0 Å². The Morgan fingerprint density at radius 3 is 2.49 bits per heavy atom. The number of nitrogens with one attached hydrogen (secondary N) is 1. The summed E-state index contributed by atoms with van der Waals surface area (Å²) in [5, 5.41) is 25.7. The average molecular weight is 493 g/mol. The number of aliphatic hydroxyl groups is 2. The van der Waals surface area contributed by atoms with Crippen LogP contribution in [-0.4, -0.2) is 111 Å². The molecule has 14 nitrogen and oxygen atoms in total. The van der Waals surface area contributed by atoms with E-state index >= 15 is 0 Å². The molecule has 4 heterocycles. The van der Waals surface area contributed by atoms with Crippen molar-refractivity contribution in [2.45, 2.75) is 80.6 Å². The molecule has 0 radical (unpaired) electrons. The molecule has 7 N–H and O–H groups in total. The highest BCUT2D eigenvalue weighted by Gasteiger charge is 2.74. The second kappa shape index (κ2) is 8.22. The van der Waals surface area contributed by atoms with Crippen molar-refractivity contribution in [3.8, 4) is 0 Å². The molecule has 35 heavy (non-hydrogen) atoms. The number of nitrogens with two attached hydrogens (primary N) is 2. The third kappa shape index (κ3) is 3.49. The summed E-state index contributed by atoms with van der Waals surface area (Å²) in [6, 6.07) is -1.89. The van der Waals surface area contributed by atoms with Gasteiger partial charge in [-0.3, -0.25) is 14.5 Å². The first-order chi connectivity index (χ1) is 16.6.